The topological polar surface area (TPSA) is 26.0 Å². The lowest BCUT2D eigenvalue weighted by Gasteiger charge is -2.32. The Kier molecular flexibility index (Phi) is 7.08. The van der Waals surface area contributed by atoms with Gasteiger partial charge in [-0.2, -0.15) is 0 Å². The molecule has 22 heavy (non-hydrogen) atoms. The molecule has 0 saturated carbocycles. The third-order valence-corrected chi connectivity index (χ3v) is 3.96. The number of nitrogens with zero attached hydrogens (tertiary/aromatic N) is 1. The molecule has 0 saturated heterocycles. The molecule has 0 heterocycles. The number of halogens is 1. The van der Waals surface area contributed by atoms with Crippen molar-refractivity contribution >= 4 is 0 Å². The van der Waals surface area contributed by atoms with Gasteiger partial charge in [-0.15, -0.1) is 0 Å². The van der Waals surface area contributed by atoms with E-state index in [2.05, 4.69) is 75.6 Å². The molecule has 3 heteroatoms. The normalized spacial score (nSPS) is 12.5. The Bertz CT molecular complexity index is 549. The standard InChI is InChI=1S/C19H27N2.ClH/c1-4-16-10-12-18(13-11-16)19(20)15-21(2,3)14-17-8-6-5-7-9-17;/h5-13,19H,4,14-15,20H2,1-3H3;1H/q+1;/p-1. The van der Waals surface area contributed by atoms with Crippen molar-refractivity contribution in [2.45, 2.75) is 25.9 Å². The van der Waals surface area contributed by atoms with Gasteiger partial charge in [0.05, 0.1) is 26.7 Å². The van der Waals surface area contributed by atoms with Crippen LogP contribution in [-0.2, 0) is 13.0 Å². The van der Waals surface area contributed by atoms with Crippen LogP contribution < -0.4 is 18.1 Å². The first kappa shape index (κ1) is 18.7. The molecule has 2 nitrogen and oxygen atoms in total. The second kappa shape index (κ2) is 8.33. The van der Waals surface area contributed by atoms with E-state index >= 15 is 0 Å². The van der Waals surface area contributed by atoms with Crippen LogP contribution in [0.3, 0.4) is 0 Å². The third kappa shape index (κ3) is 5.45. The number of likely N-dealkylation sites (N-methyl/N-ethyl adjacent to an activating group) is 1. The van der Waals surface area contributed by atoms with Crippen LogP contribution in [0.25, 0.3) is 0 Å². The van der Waals surface area contributed by atoms with Crippen molar-refractivity contribution in [1.82, 2.24) is 0 Å². The summed E-state index contributed by atoms with van der Waals surface area (Å²) in [6.45, 7) is 4.11. The Hall–Kier alpha value is -1.35. The quantitative estimate of drug-likeness (QED) is 0.773. The zero-order valence-corrected chi connectivity index (χ0v) is 14.6. The molecule has 1 atom stereocenters. The molecule has 2 N–H and O–H groups in total. The lowest BCUT2D eigenvalue weighted by molar-refractivity contribution is -0.905. The molecule has 0 fully saturated rings. The fourth-order valence-corrected chi connectivity index (χ4v) is 2.78. The summed E-state index contributed by atoms with van der Waals surface area (Å²) in [6.07, 6.45) is 1.07. The molecule has 0 aliphatic heterocycles. The number of benzene rings is 2. The van der Waals surface area contributed by atoms with Gasteiger partial charge in [0, 0.05) is 5.56 Å². The maximum atomic E-state index is 6.41. The summed E-state index contributed by atoms with van der Waals surface area (Å²) >= 11 is 0. The number of rotatable bonds is 6. The highest BCUT2D eigenvalue weighted by Gasteiger charge is 2.21. The summed E-state index contributed by atoms with van der Waals surface area (Å²) in [7, 11) is 4.49. The number of hydrogen-bond acceptors (Lipinski definition) is 1. The Morgan fingerprint density at radius 1 is 0.909 bits per heavy atom. The average molecular weight is 319 g/mol. The van der Waals surface area contributed by atoms with Gasteiger partial charge in [-0.1, -0.05) is 61.5 Å². The largest absolute Gasteiger partial charge is 1.00 e. The Balaban J connectivity index is 0.00000242. The van der Waals surface area contributed by atoms with E-state index in [1.54, 1.807) is 0 Å². The first-order chi connectivity index (χ1) is 10.00. The number of hydrogen-bond donors (Lipinski definition) is 1. The van der Waals surface area contributed by atoms with E-state index in [9.17, 15) is 0 Å². The molecular weight excluding hydrogens is 292 g/mol. The van der Waals surface area contributed by atoms with Gasteiger partial charge in [0.25, 0.3) is 0 Å². The molecule has 120 valence electrons. The summed E-state index contributed by atoms with van der Waals surface area (Å²) in [5, 5.41) is 0. The van der Waals surface area contributed by atoms with E-state index in [4.69, 9.17) is 5.73 Å². The molecule has 1 unspecified atom stereocenters. The summed E-state index contributed by atoms with van der Waals surface area (Å²) in [4.78, 5) is 0. The number of aryl methyl sites for hydroxylation is 1. The summed E-state index contributed by atoms with van der Waals surface area (Å²) in [5.41, 5.74) is 10.4. The van der Waals surface area contributed by atoms with Crippen LogP contribution in [-0.4, -0.2) is 25.1 Å². The van der Waals surface area contributed by atoms with Crippen molar-refractivity contribution in [3.8, 4) is 0 Å². The molecule has 0 aliphatic rings. The highest BCUT2D eigenvalue weighted by molar-refractivity contribution is 5.24. The zero-order chi connectivity index (χ0) is 15.3. The minimum Gasteiger partial charge on any atom is -1.00 e. The average Bonchev–Trinajstić information content (AvgIpc) is 2.47. The fraction of sp³-hybridized carbons (Fsp3) is 0.368. The first-order valence-corrected chi connectivity index (χ1v) is 7.70. The predicted octanol–water partition coefficient (Wildman–Crippen LogP) is 0.529. The van der Waals surface area contributed by atoms with Crippen molar-refractivity contribution in [1.29, 1.82) is 0 Å². The van der Waals surface area contributed by atoms with Crippen molar-refractivity contribution in [2.75, 3.05) is 20.6 Å². The Morgan fingerprint density at radius 2 is 1.50 bits per heavy atom. The van der Waals surface area contributed by atoms with Gasteiger partial charge in [0.15, 0.2) is 0 Å². The molecule has 0 radical (unpaired) electrons. The zero-order valence-electron chi connectivity index (χ0n) is 13.8. The van der Waals surface area contributed by atoms with E-state index < -0.39 is 0 Å². The van der Waals surface area contributed by atoms with Crippen LogP contribution >= 0.6 is 0 Å². The van der Waals surface area contributed by atoms with Crippen molar-refractivity contribution < 1.29 is 16.9 Å². The van der Waals surface area contributed by atoms with E-state index in [1.807, 2.05) is 0 Å². The molecule has 0 bridgehead atoms. The van der Waals surface area contributed by atoms with Gasteiger partial charge < -0.3 is 22.6 Å². The van der Waals surface area contributed by atoms with Crippen molar-refractivity contribution in [3.05, 3.63) is 71.3 Å². The predicted molar refractivity (Wildman–Crippen MR) is 89.9 cm³/mol. The maximum Gasteiger partial charge on any atom is 0.104 e. The summed E-state index contributed by atoms with van der Waals surface area (Å²) < 4.78 is 0.890. The molecule has 0 spiro atoms. The number of nitrogens with two attached hydrogens (primary N) is 1. The smallest absolute Gasteiger partial charge is 0.104 e. The molecule has 2 aromatic carbocycles. The molecule has 2 rings (SSSR count). The van der Waals surface area contributed by atoms with E-state index in [0.29, 0.717) is 0 Å². The Labute approximate surface area is 141 Å². The van der Waals surface area contributed by atoms with Crippen LogP contribution in [0.1, 0.15) is 29.7 Å². The van der Waals surface area contributed by atoms with E-state index in [0.717, 1.165) is 24.0 Å². The van der Waals surface area contributed by atoms with Crippen LogP contribution in [0.4, 0.5) is 0 Å². The van der Waals surface area contributed by atoms with Gasteiger partial charge in [-0.3, -0.25) is 0 Å². The SMILES string of the molecule is CCc1ccc(C(N)C[N+](C)(C)Cc2ccccc2)cc1.[Cl-]. The second-order valence-electron chi connectivity index (χ2n) is 6.46. The Morgan fingerprint density at radius 3 is 2.05 bits per heavy atom. The highest BCUT2D eigenvalue weighted by Crippen LogP contribution is 2.18. The second-order valence-corrected chi connectivity index (χ2v) is 6.46. The molecular formula is C19H27ClN2. The molecule has 2 aromatic rings. The highest BCUT2D eigenvalue weighted by atomic mass is 35.5. The van der Waals surface area contributed by atoms with Gasteiger partial charge in [-0.05, 0) is 17.5 Å². The first-order valence-electron chi connectivity index (χ1n) is 7.70. The van der Waals surface area contributed by atoms with Crippen molar-refractivity contribution in [3.63, 3.8) is 0 Å². The summed E-state index contributed by atoms with van der Waals surface area (Å²) in [5.74, 6) is 0. The van der Waals surface area contributed by atoms with Crippen LogP contribution in [0.2, 0.25) is 0 Å². The lowest BCUT2D eigenvalue weighted by atomic mass is 10.0. The van der Waals surface area contributed by atoms with Crippen molar-refractivity contribution in [2.24, 2.45) is 5.73 Å². The molecule has 0 aromatic heterocycles. The van der Waals surface area contributed by atoms with Crippen LogP contribution in [0.15, 0.2) is 54.6 Å². The van der Waals surface area contributed by atoms with Crippen LogP contribution in [0, 0.1) is 0 Å². The monoisotopic (exact) mass is 318 g/mol. The third-order valence-electron chi connectivity index (χ3n) is 3.96. The van der Waals surface area contributed by atoms with E-state index in [1.165, 1.54) is 16.7 Å². The summed E-state index contributed by atoms with van der Waals surface area (Å²) in [6, 6.07) is 19.4. The van der Waals surface area contributed by atoms with Crippen LogP contribution in [0.5, 0.6) is 0 Å². The van der Waals surface area contributed by atoms with Gasteiger partial charge in [-0.25, -0.2) is 0 Å². The molecule has 0 aliphatic carbocycles. The maximum absolute atomic E-state index is 6.41. The molecule has 0 amide bonds. The lowest BCUT2D eigenvalue weighted by Crippen LogP contribution is -3.00. The minimum absolute atomic E-state index is 0. The van der Waals surface area contributed by atoms with Gasteiger partial charge in [0.1, 0.15) is 6.54 Å². The van der Waals surface area contributed by atoms with E-state index in [-0.39, 0.29) is 18.4 Å². The minimum atomic E-state index is 0. The van der Waals surface area contributed by atoms with Gasteiger partial charge in [0.2, 0.25) is 0 Å². The fourth-order valence-electron chi connectivity index (χ4n) is 2.78. The van der Waals surface area contributed by atoms with Gasteiger partial charge >= 0.3 is 0 Å². The number of quaternary nitrogens is 1.